The van der Waals surface area contributed by atoms with Gasteiger partial charge in [-0.25, -0.2) is 0 Å². The fourth-order valence-corrected chi connectivity index (χ4v) is 3.94. The standard InChI is InChI=1S/C30H36N2O4/c1-22-13-9-10-16-24(22)20-32(28(33)21-36-27-18-12-11-17-26(27)35-5)25(29(34)31-30(2,3)4)19-23-14-7-6-8-15-23/h6-18,25H,19-21H2,1-5H3,(H,31,34)/t25-/m0/s1. The fraction of sp³-hybridized carbons (Fsp3) is 0.333. The van der Waals surface area contributed by atoms with E-state index in [1.165, 1.54) is 0 Å². The van der Waals surface area contributed by atoms with E-state index in [-0.39, 0.29) is 25.0 Å². The molecule has 3 rings (SSSR count). The predicted octanol–water partition coefficient (Wildman–Crippen LogP) is 4.94. The Morgan fingerprint density at radius 1 is 0.889 bits per heavy atom. The van der Waals surface area contributed by atoms with Crippen molar-refractivity contribution in [3.05, 3.63) is 95.6 Å². The number of benzene rings is 3. The summed E-state index contributed by atoms with van der Waals surface area (Å²) >= 11 is 0. The molecule has 0 unspecified atom stereocenters. The molecule has 3 aromatic rings. The van der Waals surface area contributed by atoms with Gasteiger partial charge in [0, 0.05) is 18.5 Å². The summed E-state index contributed by atoms with van der Waals surface area (Å²) in [6.45, 7) is 7.87. The van der Waals surface area contributed by atoms with E-state index < -0.39 is 11.6 Å². The third kappa shape index (κ3) is 7.60. The van der Waals surface area contributed by atoms with Crippen LogP contribution in [0.2, 0.25) is 0 Å². The van der Waals surface area contributed by atoms with Gasteiger partial charge in [-0.05, 0) is 56.5 Å². The number of hydrogen-bond acceptors (Lipinski definition) is 4. The maximum atomic E-state index is 13.7. The van der Waals surface area contributed by atoms with Gasteiger partial charge in [-0.15, -0.1) is 0 Å². The lowest BCUT2D eigenvalue weighted by Crippen LogP contribution is -2.55. The average molecular weight is 489 g/mol. The molecule has 3 aromatic carbocycles. The van der Waals surface area contributed by atoms with Gasteiger partial charge in [-0.2, -0.15) is 0 Å². The highest BCUT2D eigenvalue weighted by molar-refractivity contribution is 5.89. The SMILES string of the molecule is COc1ccccc1OCC(=O)N(Cc1ccccc1C)[C@@H](Cc1ccccc1)C(=O)NC(C)(C)C. The second kappa shape index (κ2) is 12.2. The highest BCUT2D eigenvalue weighted by Gasteiger charge is 2.32. The third-order valence-corrected chi connectivity index (χ3v) is 5.79. The Balaban J connectivity index is 1.95. The quantitative estimate of drug-likeness (QED) is 0.439. The molecule has 0 fully saturated rings. The summed E-state index contributed by atoms with van der Waals surface area (Å²) in [5, 5.41) is 3.07. The Morgan fingerprint density at radius 3 is 2.14 bits per heavy atom. The molecule has 0 aromatic heterocycles. The number of carbonyl (C=O) groups is 2. The zero-order valence-corrected chi connectivity index (χ0v) is 21.8. The van der Waals surface area contributed by atoms with Crippen molar-refractivity contribution in [2.45, 2.75) is 52.2 Å². The van der Waals surface area contributed by atoms with Crippen molar-refractivity contribution in [2.75, 3.05) is 13.7 Å². The van der Waals surface area contributed by atoms with E-state index in [0.29, 0.717) is 17.9 Å². The van der Waals surface area contributed by atoms with E-state index >= 15 is 0 Å². The molecule has 2 amide bonds. The number of rotatable bonds is 10. The molecule has 0 radical (unpaired) electrons. The number of aryl methyl sites for hydroxylation is 1. The molecule has 1 atom stereocenters. The van der Waals surface area contributed by atoms with Gasteiger partial charge in [0.1, 0.15) is 6.04 Å². The first kappa shape index (κ1) is 26.8. The van der Waals surface area contributed by atoms with Gasteiger partial charge in [0.05, 0.1) is 7.11 Å². The number of nitrogens with one attached hydrogen (secondary N) is 1. The summed E-state index contributed by atoms with van der Waals surface area (Å²) in [7, 11) is 1.56. The fourth-order valence-electron chi connectivity index (χ4n) is 3.94. The summed E-state index contributed by atoms with van der Waals surface area (Å²) in [6.07, 6.45) is 0.384. The van der Waals surface area contributed by atoms with Crippen molar-refractivity contribution >= 4 is 11.8 Å². The van der Waals surface area contributed by atoms with Crippen LogP contribution in [0, 0.1) is 6.92 Å². The van der Waals surface area contributed by atoms with Crippen molar-refractivity contribution in [3.8, 4) is 11.5 Å². The maximum absolute atomic E-state index is 13.7. The minimum atomic E-state index is -0.722. The van der Waals surface area contributed by atoms with Crippen molar-refractivity contribution in [1.29, 1.82) is 0 Å². The third-order valence-electron chi connectivity index (χ3n) is 5.79. The van der Waals surface area contributed by atoms with Gasteiger partial charge in [0.15, 0.2) is 18.1 Å². The number of hydrogen-bond donors (Lipinski definition) is 1. The van der Waals surface area contributed by atoms with Crippen LogP contribution in [0.15, 0.2) is 78.9 Å². The smallest absolute Gasteiger partial charge is 0.261 e. The monoisotopic (exact) mass is 488 g/mol. The van der Waals surface area contributed by atoms with Crippen LogP contribution in [0.5, 0.6) is 11.5 Å². The molecule has 0 heterocycles. The zero-order chi connectivity index (χ0) is 26.1. The minimum absolute atomic E-state index is 0.203. The minimum Gasteiger partial charge on any atom is -0.493 e. The van der Waals surface area contributed by atoms with Crippen LogP contribution in [0.3, 0.4) is 0 Å². The Bertz CT molecular complexity index is 1150. The number of carbonyl (C=O) groups excluding carboxylic acids is 2. The molecule has 0 aliphatic heterocycles. The van der Waals surface area contributed by atoms with Gasteiger partial charge in [0.2, 0.25) is 5.91 Å². The number of nitrogens with zero attached hydrogens (tertiary/aromatic N) is 1. The van der Waals surface area contributed by atoms with Crippen molar-refractivity contribution in [1.82, 2.24) is 10.2 Å². The van der Waals surface area contributed by atoms with E-state index in [1.807, 2.05) is 94.4 Å². The summed E-state index contributed by atoms with van der Waals surface area (Å²) < 4.78 is 11.2. The van der Waals surface area contributed by atoms with E-state index in [2.05, 4.69) is 5.32 Å². The Kier molecular flexibility index (Phi) is 9.12. The summed E-state index contributed by atoms with van der Waals surface area (Å²) in [6, 6.07) is 24.1. The molecule has 0 spiro atoms. The Morgan fingerprint density at radius 2 is 1.50 bits per heavy atom. The molecule has 0 aliphatic carbocycles. The number of methoxy groups -OCH3 is 1. The molecule has 0 saturated carbocycles. The van der Waals surface area contributed by atoms with Crippen LogP contribution in [-0.4, -0.2) is 42.0 Å². The molecular weight excluding hydrogens is 452 g/mol. The highest BCUT2D eigenvalue weighted by atomic mass is 16.5. The molecule has 6 heteroatoms. The summed E-state index contributed by atoms with van der Waals surface area (Å²) in [5.74, 6) is 0.532. The Hall–Kier alpha value is -3.80. The molecule has 36 heavy (non-hydrogen) atoms. The first-order chi connectivity index (χ1) is 17.2. The van der Waals surface area contributed by atoms with Gasteiger partial charge in [-0.3, -0.25) is 9.59 Å². The molecular formula is C30H36N2O4. The van der Waals surface area contributed by atoms with Crippen LogP contribution in [0.25, 0.3) is 0 Å². The Labute approximate surface area is 214 Å². The van der Waals surface area contributed by atoms with E-state index in [0.717, 1.165) is 16.7 Å². The lowest BCUT2D eigenvalue weighted by molar-refractivity contribution is -0.143. The van der Waals surface area contributed by atoms with E-state index in [4.69, 9.17) is 9.47 Å². The normalized spacial score (nSPS) is 11.9. The van der Waals surface area contributed by atoms with Crippen LogP contribution in [0.4, 0.5) is 0 Å². The number of amides is 2. The zero-order valence-electron chi connectivity index (χ0n) is 21.8. The first-order valence-electron chi connectivity index (χ1n) is 12.1. The lowest BCUT2D eigenvalue weighted by Gasteiger charge is -2.34. The summed E-state index contributed by atoms with van der Waals surface area (Å²) in [5.41, 5.74) is 2.55. The van der Waals surface area contributed by atoms with Crippen LogP contribution < -0.4 is 14.8 Å². The average Bonchev–Trinajstić information content (AvgIpc) is 2.85. The second-order valence-corrected chi connectivity index (χ2v) is 9.83. The number of para-hydroxylation sites is 2. The van der Waals surface area contributed by atoms with Crippen LogP contribution in [0.1, 0.15) is 37.5 Å². The van der Waals surface area contributed by atoms with Gasteiger partial charge >= 0.3 is 0 Å². The largest absolute Gasteiger partial charge is 0.493 e. The van der Waals surface area contributed by atoms with E-state index in [9.17, 15) is 9.59 Å². The summed E-state index contributed by atoms with van der Waals surface area (Å²) in [4.78, 5) is 28.9. The molecule has 0 aliphatic rings. The topological polar surface area (TPSA) is 67.9 Å². The molecule has 0 bridgehead atoms. The van der Waals surface area contributed by atoms with Crippen LogP contribution in [-0.2, 0) is 22.6 Å². The predicted molar refractivity (Wildman–Crippen MR) is 142 cm³/mol. The second-order valence-electron chi connectivity index (χ2n) is 9.83. The molecule has 6 nitrogen and oxygen atoms in total. The van der Waals surface area contributed by atoms with Gasteiger partial charge in [-0.1, -0.05) is 66.7 Å². The first-order valence-corrected chi connectivity index (χ1v) is 12.1. The lowest BCUT2D eigenvalue weighted by atomic mass is 10.00. The van der Waals surface area contributed by atoms with E-state index in [1.54, 1.807) is 24.1 Å². The van der Waals surface area contributed by atoms with Crippen molar-refractivity contribution in [2.24, 2.45) is 0 Å². The number of ether oxygens (including phenoxy) is 2. The molecule has 190 valence electrons. The van der Waals surface area contributed by atoms with Crippen LogP contribution >= 0.6 is 0 Å². The molecule has 1 N–H and O–H groups in total. The highest BCUT2D eigenvalue weighted by Crippen LogP contribution is 2.26. The molecule has 0 saturated heterocycles. The van der Waals surface area contributed by atoms with Crippen molar-refractivity contribution < 1.29 is 19.1 Å². The maximum Gasteiger partial charge on any atom is 0.261 e. The van der Waals surface area contributed by atoms with Crippen molar-refractivity contribution in [3.63, 3.8) is 0 Å². The van der Waals surface area contributed by atoms with Gasteiger partial charge < -0.3 is 19.7 Å². The van der Waals surface area contributed by atoms with Gasteiger partial charge in [0.25, 0.3) is 5.91 Å².